The lowest BCUT2D eigenvalue weighted by molar-refractivity contribution is 0.738. The fraction of sp³-hybridized carbons (Fsp3) is 0.238. The Balaban J connectivity index is 1.58. The molecule has 0 saturated carbocycles. The van der Waals surface area contributed by atoms with Gasteiger partial charge in [0.1, 0.15) is 0 Å². The molecule has 0 spiro atoms. The first-order chi connectivity index (χ1) is 12.2. The van der Waals surface area contributed by atoms with Crippen LogP contribution >= 0.6 is 11.8 Å². The van der Waals surface area contributed by atoms with Crippen molar-refractivity contribution in [3.8, 4) is 11.3 Å². The number of aromatic nitrogens is 1. The average molecular weight is 347 g/mol. The Hall–Kier alpha value is -2.33. The Labute approximate surface area is 152 Å². The molecule has 1 aliphatic rings. The first-order valence-corrected chi connectivity index (χ1v) is 9.66. The van der Waals surface area contributed by atoms with Gasteiger partial charge in [0.2, 0.25) is 0 Å². The van der Waals surface area contributed by atoms with Gasteiger partial charge in [-0.2, -0.15) is 0 Å². The molecule has 0 amide bonds. The van der Waals surface area contributed by atoms with E-state index in [2.05, 4.69) is 72.7 Å². The Morgan fingerprint density at radius 3 is 2.68 bits per heavy atom. The van der Waals surface area contributed by atoms with Crippen LogP contribution in [0.1, 0.15) is 18.9 Å². The first kappa shape index (κ1) is 16.2. The van der Waals surface area contributed by atoms with Gasteiger partial charge in [0.15, 0.2) is 5.17 Å². The van der Waals surface area contributed by atoms with E-state index in [0.717, 1.165) is 39.8 Å². The van der Waals surface area contributed by atoms with E-state index in [1.54, 1.807) is 11.8 Å². The summed E-state index contributed by atoms with van der Waals surface area (Å²) >= 11 is 1.80. The maximum atomic E-state index is 4.81. The third-order valence-corrected chi connectivity index (χ3v) is 5.57. The maximum absolute atomic E-state index is 4.81. The number of para-hydroxylation sites is 1. The van der Waals surface area contributed by atoms with Crippen LogP contribution in [-0.4, -0.2) is 21.9 Å². The third-order valence-electron chi connectivity index (χ3n) is 4.54. The lowest BCUT2D eigenvalue weighted by Crippen LogP contribution is -2.05. The molecule has 1 N–H and O–H groups in total. The smallest absolute Gasteiger partial charge is 0.161 e. The molecule has 2 heterocycles. The van der Waals surface area contributed by atoms with Crippen LogP contribution in [0, 0.1) is 6.92 Å². The molecule has 0 fully saturated rings. The highest BCUT2D eigenvalue weighted by Gasteiger charge is 2.16. The van der Waals surface area contributed by atoms with Gasteiger partial charge in [-0.15, -0.1) is 0 Å². The van der Waals surface area contributed by atoms with E-state index in [9.17, 15) is 0 Å². The number of anilines is 1. The van der Waals surface area contributed by atoms with Crippen molar-refractivity contribution in [2.45, 2.75) is 26.3 Å². The van der Waals surface area contributed by atoms with Crippen LogP contribution in [0.4, 0.5) is 5.69 Å². The minimum Gasteiger partial charge on any atom is -0.335 e. The van der Waals surface area contributed by atoms with E-state index in [4.69, 9.17) is 4.98 Å². The Morgan fingerprint density at radius 2 is 1.92 bits per heavy atom. The lowest BCUT2D eigenvalue weighted by Gasteiger charge is -2.09. The number of fused-ring (bicyclic) bond motifs is 1. The minimum absolute atomic E-state index is 0.455. The Kier molecular flexibility index (Phi) is 4.45. The van der Waals surface area contributed by atoms with Crippen LogP contribution in [0.5, 0.6) is 0 Å². The summed E-state index contributed by atoms with van der Waals surface area (Å²) in [6.07, 6.45) is 1.10. The third kappa shape index (κ3) is 3.40. The fourth-order valence-electron chi connectivity index (χ4n) is 3.04. The van der Waals surface area contributed by atoms with E-state index in [-0.39, 0.29) is 0 Å². The number of hydrogen-bond donors (Lipinski definition) is 1. The van der Waals surface area contributed by atoms with Gasteiger partial charge >= 0.3 is 0 Å². The molecule has 3 nitrogen and oxygen atoms in total. The molecule has 0 radical (unpaired) electrons. The normalized spacial score (nSPS) is 16.9. The zero-order valence-corrected chi connectivity index (χ0v) is 15.3. The summed E-state index contributed by atoms with van der Waals surface area (Å²) in [5.74, 6) is 1.08. The van der Waals surface area contributed by atoms with Crippen LogP contribution in [-0.2, 0) is 0 Å². The predicted octanol–water partition coefficient (Wildman–Crippen LogP) is 5.50. The maximum Gasteiger partial charge on any atom is 0.161 e. The van der Waals surface area contributed by atoms with Crippen molar-refractivity contribution in [2.24, 2.45) is 4.99 Å². The van der Waals surface area contributed by atoms with Crippen LogP contribution in [0.3, 0.4) is 0 Å². The highest BCUT2D eigenvalue weighted by molar-refractivity contribution is 8.14. The topological polar surface area (TPSA) is 37.3 Å². The highest BCUT2D eigenvalue weighted by Crippen LogP contribution is 2.26. The van der Waals surface area contributed by atoms with Crippen LogP contribution in [0.15, 0.2) is 59.6 Å². The second-order valence-corrected chi connectivity index (χ2v) is 7.36. The van der Waals surface area contributed by atoms with E-state index >= 15 is 0 Å². The number of benzene rings is 2. The summed E-state index contributed by atoms with van der Waals surface area (Å²) in [7, 11) is 0. The van der Waals surface area contributed by atoms with Gasteiger partial charge in [0.25, 0.3) is 0 Å². The first-order valence-electron chi connectivity index (χ1n) is 8.67. The number of aryl methyl sites for hydroxylation is 1. The highest BCUT2D eigenvalue weighted by atomic mass is 32.2. The Morgan fingerprint density at radius 1 is 1.12 bits per heavy atom. The van der Waals surface area contributed by atoms with Crippen LogP contribution in [0.25, 0.3) is 22.2 Å². The van der Waals surface area contributed by atoms with Gasteiger partial charge in [0.05, 0.1) is 17.3 Å². The number of amidine groups is 1. The van der Waals surface area contributed by atoms with Gasteiger partial charge in [-0.3, -0.25) is 4.99 Å². The molecule has 3 aromatic rings. The van der Waals surface area contributed by atoms with Gasteiger partial charge in [-0.25, -0.2) is 4.98 Å². The van der Waals surface area contributed by atoms with Gasteiger partial charge < -0.3 is 5.32 Å². The van der Waals surface area contributed by atoms with Crippen molar-refractivity contribution >= 4 is 33.5 Å². The summed E-state index contributed by atoms with van der Waals surface area (Å²) < 4.78 is 0. The number of nitrogens with zero attached hydrogens (tertiary/aromatic N) is 2. The molecule has 0 aliphatic carbocycles. The summed E-state index contributed by atoms with van der Waals surface area (Å²) in [6, 6.07) is 19.4. The number of thioether (sulfide) groups is 1. The van der Waals surface area contributed by atoms with E-state index in [0.29, 0.717) is 6.04 Å². The summed E-state index contributed by atoms with van der Waals surface area (Å²) in [5, 5.41) is 5.66. The predicted molar refractivity (Wildman–Crippen MR) is 110 cm³/mol. The quantitative estimate of drug-likeness (QED) is 0.679. The van der Waals surface area contributed by atoms with Crippen molar-refractivity contribution in [1.29, 1.82) is 0 Å². The van der Waals surface area contributed by atoms with E-state index < -0.39 is 0 Å². The molecule has 0 saturated heterocycles. The van der Waals surface area contributed by atoms with Crippen molar-refractivity contribution in [2.75, 3.05) is 11.1 Å². The summed E-state index contributed by atoms with van der Waals surface area (Å²) in [4.78, 5) is 9.50. The monoisotopic (exact) mass is 347 g/mol. The molecule has 126 valence electrons. The van der Waals surface area contributed by atoms with Crippen molar-refractivity contribution in [3.63, 3.8) is 0 Å². The molecule has 25 heavy (non-hydrogen) atoms. The molecular formula is C21H21N3S. The number of rotatable bonds is 3. The molecule has 0 bridgehead atoms. The standard InChI is InChI=1S/C21H21N3S/c1-3-16-13-25-21(22-16)23-17-10-8-15(9-11-17)20-12-14(2)18-6-4-5-7-19(18)24-20/h4-12,16H,3,13H2,1-2H3,(H,22,23)/t16-/m1/s1. The van der Waals surface area contributed by atoms with Crippen molar-refractivity contribution < 1.29 is 0 Å². The van der Waals surface area contributed by atoms with E-state index in [1.165, 1.54) is 10.9 Å². The average Bonchev–Trinajstić information content (AvgIpc) is 3.10. The summed E-state index contributed by atoms with van der Waals surface area (Å²) in [5.41, 5.74) is 5.52. The summed E-state index contributed by atoms with van der Waals surface area (Å²) in [6.45, 7) is 4.33. The fourth-order valence-corrected chi connectivity index (χ4v) is 4.11. The second kappa shape index (κ2) is 6.89. The molecule has 1 atom stereocenters. The zero-order valence-electron chi connectivity index (χ0n) is 14.5. The van der Waals surface area contributed by atoms with Crippen molar-refractivity contribution in [3.05, 3.63) is 60.2 Å². The number of aliphatic imine (C=N–C) groups is 1. The molecule has 4 heteroatoms. The SMILES string of the molecule is CC[C@@H]1CSC(Nc2ccc(-c3cc(C)c4ccccc4n3)cc2)=N1. The molecule has 4 rings (SSSR count). The van der Waals surface area contributed by atoms with Gasteiger partial charge in [-0.1, -0.05) is 49.0 Å². The zero-order chi connectivity index (χ0) is 17.2. The molecule has 2 aromatic carbocycles. The number of nitrogens with one attached hydrogen (secondary N) is 1. The van der Waals surface area contributed by atoms with E-state index in [1.807, 2.05) is 6.07 Å². The van der Waals surface area contributed by atoms with Crippen LogP contribution < -0.4 is 5.32 Å². The molecule has 1 aromatic heterocycles. The number of hydrogen-bond acceptors (Lipinski definition) is 4. The minimum atomic E-state index is 0.455. The lowest BCUT2D eigenvalue weighted by atomic mass is 10.0. The molecule has 0 unspecified atom stereocenters. The van der Waals surface area contributed by atoms with Gasteiger partial charge in [-0.05, 0) is 43.2 Å². The van der Waals surface area contributed by atoms with Crippen LogP contribution in [0.2, 0.25) is 0 Å². The van der Waals surface area contributed by atoms with Gasteiger partial charge in [0, 0.05) is 22.4 Å². The second-order valence-electron chi connectivity index (χ2n) is 6.35. The molecular weight excluding hydrogens is 326 g/mol. The molecule has 1 aliphatic heterocycles. The Bertz CT molecular complexity index is 932. The number of pyridine rings is 1. The van der Waals surface area contributed by atoms with Crippen molar-refractivity contribution in [1.82, 2.24) is 4.98 Å². The largest absolute Gasteiger partial charge is 0.335 e.